The van der Waals surface area contributed by atoms with Gasteiger partial charge in [-0.25, -0.2) is 4.79 Å². The summed E-state index contributed by atoms with van der Waals surface area (Å²) < 4.78 is 4.68. The number of phenolic OH excluding ortho intramolecular Hbond substituents is 1. The molecule has 0 fully saturated rings. The molecule has 0 aromatic heterocycles. The number of ether oxygens (including phenoxy) is 1. The number of hydrogen-bond acceptors (Lipinski definition) is 4. The van der Waals surface area contributed by atoms with Crippen molar-refractivity contribution >= 4 is 22.6 Å². The maximum atomic E-state index is 11.7. The maximum Gasteiger partial charge on any atom is 0.338 e. The van der Waals surface area contributed by atoms with Crippen LogP contribution in [0.3, 0.4) is 0 Å². The van der Waals surface area contributed by atoms with Crippen molar-refractivity contribution in [3.8, 4) is 5.75 Å². The molecule has 19 heavy (non-hydrogen) atoms. The zero-order valence-corrected chi connectivity index (χ0v) is 10.6. The largest absolute Gasteiger partial charge is 0.508 e. The minimum Gasteiger partial charge on any atom is -0.508 e. The molecule has 2 aromatic carbocycles. The van der Waals surface area contributed by atoms with Crippen LogP contribution >= 0.6 is 0 Å². The first-order valence-electron chi connectivity index (χ1n) is 5.64. The van der Waals surface area contributed by atoms with E-state index in [-0.39, 0.29) is 17.2 Å². The Bertz CT molecular complexity index is 664. The van der Waals surface area contributed by atoms with Crippen molar-refractivity contribution in [2.45, 2.75) is 0 Å². The normalized spacial score (nSPS) is 10.2. The van der Waals surface area contributed by atoms with Crippen molar-refractivity contribution < 1.29 is 19.4 Å². The fourth-order valence-corrected chi connectivity index (χ4v) is 1.91. The van der Waals surface area contributed by atoms with Crippen LogP contribution < -0.4 is 5.32 Å². The van der Waals surface area contributed by atoms with Crippen molar-refractivity contribution in [3.63, 3.8) is 0 Å². The van der Waals surface area contributed by atoms with Crippen LogP contribution in [0.1, 0.15) is 20.7 Å². The molecule has 0 spiro atoms. The van der Waals surface area contributed by atoms with Crippen molar-refractivity contribution in [3.05, 3.63) is 41.5 Å². The molecular formula is C14H13NO4. The van der Waals surface area contributed by atoms with Crippen LogP contribution in [0, 0.1) is 0 Å². The van der Waals surface area contributed by atoms with Gasteiger partial charge in [0.1, 0.15) is 5.75 Å². The smallest absolute Gasteiger partial charge is 0.338 e. The van der Waals surface area contributed by atoms with Gasteiger partial charge in [-0.15, -0.1) is 0 Å². The Balaban J connectivity index is 2.71. The third kappa shape index (κ3) is 2.35. The van der Waals surface area contributed by atoms with Gasteiger partial charge in [0.25, 0.3) is 5.91 Å². The van der Waals surface area contributed by atoms with Crippen LogP contribution in [-0.4, -0.2) is 31.1 Å². The average Bonchev–Trinajstić information content (AvgIpc) is 2.44. The molecule has 0 radical (unpaired) electrons. The highest BCUT2D eigenvalue weighted by molar-refractivity contribution is 6.07. The number of phenols is 1. The van der Waals surface area contributed by atoms with Crippen LogP contribution in [0.15, 0.2) is 30.3 Å². The van der Waals surface area contributed by atoms with Gasteiger partial charge < -0.3 is 15.2 Å². The Morgan fingerprint density at radius 2 is 1.95 bits per heavy atom. The fourth-order valence-electron chi connectivity index (χ4n) is 1.91. The van der Waals surface area contributed by atoms with E-state index in [9.17, 15) is 14.7 Å². The zero-order valence-electron chi connectivity index (χ0n) is 10.6. The van der Waals surface area contributed by atoms with Gasteiger partial charge in [-0.3, -0.25) is 4.79 Å². The van der Waals surface area contributed by atoms with E-state index in [1.807, 2.05) is 0 Å². The second-order valence-electron chi connectivity index (χ2n) is 4.00. The van der Waals surface area contributed by atoms with E-state index >= 15 is 0 Å². The van der Waals surface area contributed by atoms with Crippen LogP contribution in [0.25, 0.3) is 10.8 Å². The molecule has 5 nitrogen and oxygen atoms in total. The highest BCUT2D eigenvalue weighted by Gasteiger charge is 2.14. The minimum atomic E-state index is -0.560. The third-order valence-electron chi connectivity index (χ3n) is 2.83. The topological polar surface area (TPSA) is 75.6 Å². The van der Waals surface area contributed by atoms with Crippen LogP contribution in [-0.2, 0) is 4.74 Å². The first kappa shape index (κ1) is 12.9. The average molecular weight is 259 g/mol. The Labute approximate surface area is 109 Å². The molecule has 0 atom stereocenters. The van der Waals surface area contributed by atoms with E-state index in [0.717, 1.165) is 0 Å². The number of rotatable bonds is 2. The summed E-state index contributed by atoms with van der Waals surface area (Å²) in [4.78, 5) is 23.3. The summed E-state index contributed by atoms with van der Waals surface area (Å²) in [5.41, 5.74) is 0.661. The summed E-state index contributed by atoms with van der Waals surface area (Å²) in [6.45, 7) is 0. The second-order valence-corrected chi connectivity index (χ2v) is 4.00. The quantitative estimate of drug-likeness (QED) is 0.805. The molecule has 5 heteroatoms. The number of esters is 1. The minimum absolute atomic E-state index is 0.0272. The van der Waals surface area contributed by atoms with Gasteiger partial charge in [0.15, 0.2) is 0 Å². The Morgan fingerprint density at radius 1 is 1.21 bits per heavy atom. The second kappa shape index (κ2) is 4.97. The first-order valence-corrected chi connectivity index (χ1v) is 5.64. The van der Waals surface area contributed by atoms with Gasteiger partial charge in [0.05, 0.1) is 12.7 Å². The Kier molecular flexibility index (Phi) is 3.37. The number of amides is 1. The number of fused-ring (bicyclic) bond motifs is 1. The molecule has 1 amide bonds. The molecule has 0 bridgehead atoms. The molecule has 0 saturated heterocycles. The monoisotopic (exact) mass is 259 g/mol. The van der Waals surface area contributed by atoms with Crippen molar-refractivity contribution in [1.82, 2.24) is 5.32 Å². The number of carbonyl (C=O) groups excluding carboxylic acids is 2. The highest BCUT2D eigenvalue weighted by atomic mass is 16.5. The number of aromatic hydroxyl groups is 1. The van der Waals surface area contributed by atoms with Crippen LogP contribution in [0.5, 0.6) is 5.75 Å². The highest BCUT2D eigenvalue weighted by Crippen LogP contribution is 2.26. The van der Waals surface area contributed by atoms with E-state index in [0.29, 0.717) is 16.3 Å². The zero-order chi connectivity index (χ0) is 14.0. The Morgan fingerprint density at radius 3 is 2.58 bits per heavy atom. The molecule has 0 unspecified atom stereocenters. The Hall–Kier alpha value is -2.56. The SMILES string of the molecule is CNC(=O)c1ccc2cc(O)cc(C(=O)OC)c2c1. The standard InChI is InChI=1S/C14H13NO4/c1-15-13(17)9-4-3-8-5-10(16)7-12(11(8)6-9)14(18)19-2/h3-7,16H,1-2H3,(H,15,17). The molecule has 0 heterocycles. The summed E-state index contributed by atoms with van der Waals surface area (Å²) in [5, 5.41) is 13.3. The number of hydrogen-bond donors (Lipinski definition) is 2. The van der Waals surface area contributed by atoms with Crippen molar-refractivity contribution in [2.24, 2.45) is 0 Å². The summed E-state index contributed by atoms with van der Waals surface area (Å²) >= 11 is 0. The third-order valence-corrected chi connectivity index (χ3v) is 2.83. The summed E-state index contributed by atoms with van der Waals surface area (Å²) in [6, 6.07) is 7.74. The molecule has 2 aromatic rings. The number of benzene rings is 2. The molecule has 0 aliphatic carbocycles. The molecule has 0 saturated carbocycles. The lowest BCUT2D eigenvalue weighted by atomic mass is 10.0. The number of carbonyl (C=O) groups is 2. The first-order chi connectivity index (χ1) is 9.06. The van der Waals surface area contributed by atoms with Crippen LogP contribution in [0.2, 0.25) is 0 Å². The molecular weight excluding hydrogens is 246 g/mol. The molecule has 0 aliphatic heterocycles. The van der Waals surface area contributed by atoms with E-state index < -0.39 is 5.97 Å². The van der Waals surface area contributed by atoms with Gasteiger partial charge in [0.2, 0.25) is 0 Å². The lowest BCUT2D eigenvalue weighted by Gasteiger charge is -2.08. The van der Waals surface area contributed by atoms with E-state index in [1.165, 1.54) is 26.3 Å². The predicted octanol–water partition coefficient (Wildman–Crippen LogP) is 1.69. The summed E-state index contributed by atoms with van der Waals surface area (Å²) in [7, 11) is 2.80. The summed E-state index contributed by atoms with van der Waals surface area (Å²) in [5.74, 6) is -0.832. The van der Waals surface area contributed by atoms with E-state index in [4.69, 9.17) is 0 Å². The van der Waals surface area contributed by atoms with Gasteiger partial charge >= 0.3 is 5.97 Å². The molecule has 98 valence electrons. The number of methoxy groups -OCH3 is 1. The number of nitrogens with one attached hydrogen (secondary N) is 1. The van der Waals surface area contributed by atoms with Crippen LogP contribution in [0.4, 0.5) is 0 Å². The van der Waals surface area contributed by atoms with Gasteiger partial charge in [0, 0.05) is 12.6 Å². The van der Waals surface area contributed by atoms with Gasteiger partial charge in [-0.2, -0.15) is 0 Å². The van der Waals surface area contributed by atoms with Gasteiger partial charge in [-0.1, -0.05) is 6.07 Å². The fraction of sp³-hybridized carbons (Fsp3) is 0.143. The summed E-state index contributed by atoms with van der Waals surface area (Å²) in [6.07, 6.45) is 0. The maximum absolute atomic E-state index is 11.7. The molecule has 0 aliphatic rings. The van der Waals surface area contributed by atoms with Crippen molar-refractivity contribution in [1.29, 1.82) is 0 Å². The van der Waals surface area contributed by atoms with Crippen molar-refractivity contribution in [2.75, 3.05) is 14.2 Å². The van der Waals surface area contributed by atoms with Gasteiger partial charge in [-0.05, 0) is 35.0 Å². The lowest BCUT2D eigenvalue weighted by Crippen LogP contribution is -2.17. The lowest BCUT2D eigenvalue weighted by molar-refractivity contribution is 0.0602. The predicted molar refractivity (Wildman–Crippen MR) is 70.3 cm³/mol. The molecule has 2 rings (SSSR count). The van der Waals surface area contributed by atoms with E-state index in [2.05, 4.69) is 10.1 Å². The van der Waals surface area contributed by atoms with E-state index in [1.54, 1.807) is 18.2 Å². The molecule has 2 N–H and O–H groups in total.